The molecule has 2 N–H and O–H groups in total. The van der Waals surface area contributed by atoms with Crippen LogP contribution in [-0.2, 0) is 19.6 Å². The van der Waals surface area contributed by atoms with Gasteiger partial charge in [-0.15, -0.1) is 0 Å². The van der Waals surface area contributed by atoms with Crippen LogP contribution in [-0.4, -0.2) is 20.2 Å². The molecule has 122 valence electrons. The number of primary sulfonamides is 1. The second-order valence-electron chi connectivity index (χ2n) is 5.39. The van der Waals surface area contributed by atoms with Gasteiger partial charge in [0.15, 0.2) is 0 Å². The Morgan fingerprint density at radius 2 is 1.61 bits per heavy atom. The van der Waals surface area contributed by atoms with E-state index < -0.39 is 43.3 Å². The standard InChI is InChI=1S/C14H12ClFN2O4S/c15-9-5-10(16)11(6-12(9)23(17,21)22)18-13(19)7-3-1-2-4-8(7)14(18)20/h5-6H,1-4H2,(H2,17,21,22). The van der Waals surface area contributed by atoms with Crippen molar-refractivity contribution in [2.75, 3.05) is 4.90 Å². The Kier molecular flexibility index (Phi) is 3.78. The number of anilines is 1. The summed E-state index contributed by atoms with van der Waals surface area (Å²) in [5.74, 6) is -2.21. The van der Waals surface area contributed by atoms with Crippen LogP contribution in [0.2, 0.25) is 5.02 Å². The zero-order valence-electron chi connectivity index (χ0n) is 11.8. The highest BCUT2D eigenvalue weighted by Crippen LogP contribution is 2.38. The summed E-state index contributed by atoms with van der Waals surface area (Å²) >= 11 is 5.69. The predicted octanol–water partition coefficient (Wildman–Crippen LogP) is 1.87. The Balaban J connectivity index is 2.14. The molecule has 23 heavy (non-hydrogen) atoms. The van der Waals surface area contributed by atoms with E-state index in [0.717, 1.165) is 25.0 Å². The number of sulfonamides is 1. The van der Waals surface area contributed by atoms with E-state index in [9.17, 15) is 22.4 Å². The lowest BCUT2D eigenvalue weighted by atomic mass is 9.93. The second kappa shape index (κ2) is 5.40. The number of halogens is 2. The van der Waals surface area contributed by atoms with Gasteiger partial charge in [-0.25, -0.2) is 22.8 Å². The molecular formula is C14H12ClFN2O4S. The third-order valence-electron chi connectivity index (χ3n) is 3.94. The first kappa shape index (κ1) is 16.1. The molecule has 3 rings (SSSR count). The molecule has 0 bridgehead atoms. The van der Waals surface area contributed by atoms with Crippen molar-refractivity contribution in [3.63, 3.8) is 0 Å². The molecule has 9 heteroatoms. The molecule has 0 saturated heterocycles. The number of carbonyl (C=O) groups is 2. The first-order chi connectivity index (χ1) is 10.7. The van der Waals surface area contributed by atoms with Gasteiger partial charge in [-0.2, -0.15) is 0 Å². The summed E-state index contributed by atoms with van der Waals surface area (Å²) < 4.78 is 37.2. The van der Waals surface area contributed by atoms with Crippen LogP contribution in [0.5, 0.6) is 0 Å². The summed E-state index contributed by atoms with van der Waals surface area (Å²) in [7, 11) is -4.22. The van der Waals surface area contributed by atoms with E-state index in [1.54, 1.807) is 0 Å². The molecule has 0 unspecified atom stereocenters. The summed E-state index contributed by atoms with van der Waals surface area (Å²) in [5.41, 5.74) is 0.281. The average Bonchev–Trinajstić information content (AvgIpc) is 2.71. The first-order valence-electron chi connectivity index (χ1n) is 6.84. The van der Waals surface area contributed by atoms with Gasteiger partial charge >= 0.3 is 0 Å². The monoisotopic (exact) mass is 358 g/mol. The van der Waals surface area contributed by atoms with Gasteiger partial charge in [0.25, 0.3) is 11.8 Å². The highest BCUT2D eigenvalue weighted by Gasteiger charge is 2.41. The summed E-state index contributed by atoms with van der Waals surface area (Å²) in [5, 5.41) is 4.62. The zero-order chi connectivity index (χ0) is 16.9. The molecular weight excluding hydrogens is 347 g/mol. The van der Waals surface area contributed by atoms with Gasteiger partial charge < -0.3 is 0 Å². The van der Waals surface area contributed by atoms with Crippen LogP contribution in [0.3, 0.4) is 0 Å². The van der Waals surface area contributed by atoms with Crippen LogP contribution in [0.4, 0.5) is 10.1 Å². The Bertz CT molecular complexity index is 851. The minimum absolute atomic E-state index is 0.368. The van der Waals surface area contributed by atoms with E-state index >= 15 is 0 Å². The van der Waals surface area contributed by atoms with E-state index in [4.69, 9.17) is 16.7 Å². The SMILES string of the molecule is NS(=O)(=O)c1cc(N2C(=O)C3=C(CCCC3)C2=O)c(F)cc1Cl. The lowest BCUT2D eigenvalue weighted by Gasteiger charge is -2.17. The maximum atomic E-state index is 14.2. The van der Waals surface area contributed by atoms with Crippen molar-refractivity contribution < 1.29 is 22.4 Å². The topological polar surface area (TPSA) is 97.5 Å². The molecule has 1 heterocycles. The molecule has 0 aromatic heterocycles. The summed E-state index contributed by atoms with van der Waals surface area (Å²) in [6.45, 7) is 0. The summed E-state index contributed by atoms with van der Waals surface area (Å²) in [6.07, 6.45) is 2.45. The third-order valence-corrected chi connectivity index (χ3v) is 5.31. The third kappa shape index (κ3) is 2.56. The number of amides is 2. The Morgan fingerprint density at radius 1 is 1.09 bits per heavy atom. The molecule has 0 fully saturated rings. The predicted molar refractivity (Wildman–Crippen MR) is 80.8 cm³/mol. The maximum Gasteiger partial charge on any atom is 0.261 e. The van der Waals surface area contributed by atoms with E-state index in [2.05, 4.69) is 0 Å². The van der Waals surface area contributed by atoms with Crippen molar-refractivity contribution in [3.8, 4) is 0 Å². The molecule has 1 aliphatic carbocycles. The van der Waals surface area contributed by atoms with E-state index in [1.807, 2.05) is 0 Å². The normalized spacial score (nSPS) is 18.7. The van der Waals surface area contributed by atoms with Crippen molar-refractivity contribution in [2.24, 2.45) is 5.14 Å². The van der Waals surface area contributed by atoms with Crippen LogP contribution < -0.4 is 10.0 Å². The Hall–Kier alpha value is -1.77. The number of rotatable bonds is 2. The number of nitrogens with zero attached hydrogens (tertiary/aromatic N) is 1. The summed E-state index contributed by atoms with van der Waals surface area (Å²) in [4.78, 5) is 25.0. The fourth-order valence-electron chi connectivity index (χ4n) is 2.87. The van der Waals surface area contributed by atoms with Crippen LogP contribution >= 0.6 is 11.6 Å². The number of carbonyl (C=O) groups excluding carboxylic acids is 2. The van der Waals surface area contributed by atoms with Crippen LogP contribution in [0.25, 0.3) is 0 Å². The first-order valence-corrected chi connectivity index (χ1v) is 8.77. The van der Waals surface area contributed by atoms with Gasteiger partial charge in [0, 0.05) is 11.1 Å². The molecule has 0 saturated carbocycles. The largest absolute Gasteiger partial charge is 0.269 e. The zero-order valence-corrected chi connectivity index (χ0v) is 13.4. The molecule has 1 aromatic rings. The number of hydrogen-bond donors (Lipinski definition) is 1. The molecule has 2 aliphatic rings. The number of imide groups is 1. The molecule has 6 nitrogen and oxygen atoms in total. The fourth-order valence-corrected chi connectivity index (χ4v) is 3.95. The molecule has 1 aliphatic heterocycles. The number of nitrogens with two attached hydrogens (primary N) is 1. The van der Waals surface area contributed by atoms with Crippen molar-refractivity contribution in [2.45, 2.75) is 30.6 Å². The van der Waals surface area contributed by atoms with Crippen molar-refractivity contribution in [3.05, 3.63) is 34.1 Å². The van der Waals surface area contributed by atoms with Gasteiger partial charge in [-0.05, 0) is 37.8 Å². The van der Waals surface area contributed by atoms with Crippen LogP contribution in [0.1, 0.15) is 25.7 Å². The fraction of sp³-hybridized carbons (Fsp3) is 0.286. The Labute approximate surface area is 136 Å². The molecule has 2 amide bonds. The van der Waals surface area contributed by atoms with Crippen molar-refractivity contribution in [1.82, 2.24) is 0 Å². The molecule has 0 atom stereocenters. The van der Waals surface area contributed by atoms with Gasteiger partial charge in [-0.3, -0.25) is 9.59 Å². The molecule has 0 spiro atoms. The van der Waals surface area contributed by atoms with Gasteiger partial charge in [0.1, 0.15) is 10.7 Å². The lowest BCUT2D eigenvalue weighted by Crippen LogP contribution is -2.32. The minimum Gasteiger partial charge on any atom is -0.269 e. The van der Waals surface area contributed by atoms with Gasteiger partial charge in [-0.1, -0.05) is 11.6 Å². The van der Waals surface area contributed by atoms with Crippen molar-refractivity contribution >= 4 is 39.1 Å². The molecule has 0 radical (unpaired) electrons. The van der Waals surface area contributed by atoms with E-state index in [0.29, 0.717) is 28.9 Å². The minimum atomic E-state index is -4.22. The lowest BCUT2D eigenvalue weighted by molar-refractivity contribution is -0.120. The number of hydrogen-bond acceptors (Lipinski definition) is 4. The van der Waals surface area contributed by atoms with E-state index in [1.165, 1.54) is 0 Å². The van der Waals surface area contributed by atoms with Crippen LogP contribution in [0.15, 0.2) is 28.2 Å². The average molecular weight is 359 g/mol. The maximum absolute atomic E-state index is 14.2. The van der Waals surface area contributed by atoms with Gasteiger partial charge in [0.2, 0.25) is 10.0 Å². The molecule has 1 aromatic carbocycles. The number of benzene rings is 1. The van der Waals surface area contributed by atoms with Crippen molar-refractivity contribution in [1.29, 1.82) is 0 Å². The van der Waals surface area contributed by atoms with Gasteiger partial charge in [0.05, 0.1) is 10.7 Å². The van der Waals surface area contributed by atoms with E-state index in [-0.39, 0.29) is 0 Å². The Morgan fingerprint density at radius 3 is 2.09 bits per heavy atom. The smallest absolute Gasteiger partial charge is 0.261 e. The highest BCUT2D eigenvalue weighted by molar-refractivity contribution is 7.89. The quantitative estimate of drug-likeness (QED) is 0.816. The highest BCUT2D eigenvalue weighted by atomic mass is 35.5. The summed E-state index contributed by atoms with van der Waals surface area (Å²) in [6, 6.07) is 1.55. The van der Waals surface area contributed by atoms with Crippen LogP contribution in [0, 0.1) is 5.82 Å². The second-order valence-corrected chi connectivity index (χ2v) is 7.33.